The van der Waals surface area contributed by atoms with Crippen LogP contribution in [0.15, 0.2) is 63.5 Å². The molecule has 0 spiro atoms. The SMILES string of the molecule is NC1C=CC(Cc2c(OC3OC(C(=O)OC4OC(C(=O)O)C(O)(O)C(O)C4O)C(O)C(O)C3O)cc3oc(-c4ccc(O)c(O)c4)cc(=O)c3c2O)=CN1. The first-order chi connectivity index (χ1) is 25.4. The predicted octanol–water partition coefficient (Wildman–Crippen LogP) is -3.61. The van der Waals surface area contributed by atoms with E-state index in [4.69, 9.17) is 29.1 Å². The van der Waals surface area contributed by atoms with Gasteiger partial charge < -0.3 is 90.6 Å². The van der Waals surface area contributed by atoms with Gasteiger partial charge in [0.2, 0.25) is 24.5 Å². The van der Waals surface area contributed by atoms with Gasteiger partial charge in [0.15, 0.2) is 23.0 Å². The van der Waals surface area contributed by atoms with Crippen molar-refractivity contribution < 1.29 is 89.1 Å². The van der Waals surface area contributed by atoms with Crippen LogP contribution in [-0.4, -0.2) is 135 Å². The van der Waals surface area contributed by atoms with Crippen molar-refractivity contribution in [2.24, 2.45) is 5.73 Å². The number of carboxylic acids is 1. The van der Waals surface area contributed by atoms with E-state index >= 15 is 0 Å². The molecule has 10 unspecified atom stereocenters. The van der Waals surface area contributed by atoms with Crippen molar-refractivity contribution in [1.29, 1.82) is 0 Å². The highest BCUT2D eigenvalue weighted by molar-refractivity contribution is 5.88. The molecule has 2 aromatic carbocycles. The number of hydrogen-bond donors (Lipinski definition) is 13. The van der Waals surface area contributed by atoms with Crippen molar-refractivity contribution >= 4 is 22.9 Å². The largest absolute Gasteiger partial charge is 0.507 e. The van der Waals surface area contributed by atoms with Crippen LogP contribution in [0.3, 0.4) is 0 Å². The van der Waals surface area contributed by atoms with Gasteiger partial charge in [0.1, 0.15) is 58.7 Å². The summed E-state index contributed by atoms with van der Waals surface area (Å²) in [6, 6.07) is 5.70. The first-order valence-corrected chi connectivity index (χ1v) is 15.9. The summed E-state index contributed by atoms with van der Waals surface area (Å²) in [4.78, 5) is 38.1. The molecule has 3 aliphatic rings. The molecule has 21 nitrogen and oxygen atoms in total. The maximum atomic E-state index is 13.4. The monoisotopic (exact) mass is 762 g/mol. The van der Waals surface area contributed by atoms with Gasteiger partial charge in [-0.1, -0.05) is 6.08 Å². The summed E-state index contributed by atoms with van der Waals surface area (Å²) in [6.07, 6.45) is -17.2. The summed E-state index contributed by atoms with van der Waals surface area (Å²) in [5.41, 5.74) is 5.27. The van der Waals surface area contributed by atoms with Crippen LogP contribution in [0.2, 0.25) is 0 Å². The van der Waals surface area contributed by atoms with Crippen molar-refractivity contribution in [2.75, 3.05) is 0 Å². The number of esters is 1. The zero-order valence-electron chi connectivity index (χ0n) is 27.4. The number of phenols is 3. The van der Waals surface area contributed by atoms with Crippen LogP contribution in [-0.2, 0) is 30.2 Å². The summed E-state index contributed by atoms with van der Waals surface area (Å²) in [6.45, 7) is 0. The van der Waals surface area contributed by atoms with Gasteiger partial charge >= 0.3 is 11.9 Å². The van der Waals surface area contributed by atoms with Crippen LogP contribution in [0.4, 0.5) is 0 Å². The Balaban J connectivity index is 1.35. The lowest BCUT2D eigenvalue weighted by Gasteiger charge is -2.43. The Morgan fingerprint density at radius 3 is 2.28 bits per heavy atom. The molecular formula is C33H34N2O19. The molecule has 0 amide bonds. The maximum Gasteiger partial charge on any atom is 0.340 e. The second-order valence-corrected chi connectivity index (χ2v) is 12.6. The number of aromatic hydroxyl groups is 3. The third kappa shape index (κ3) is 7.03. The van der Waals surface area contributed by atoms with Gasteiger partial charge in [0, 0.05) is 35.9 Å². The number of dihydropyridines is 1. The number of nitrogens with one attached hydrogen (secondary N) is 1. The quantitative estimate of drug-likeness (QED) is 0.0598. The molecule has 0 saturated carbocycles. The number of fused-ring (bicyclic) bond motifs is 1. The number of phenolic OH excluding ortho intramolecular Hbond substituents is 3. The highest BCUT2D eigenvalue weighted by Gasteiger charge is 2.59. The van der Waals surface area contributed by atoms with Crippen molar-refractivity contribution in [3.63, 3.8) is 0 Å². The van der Waals surface area contributed by atoms with E-state index in [2.05, 4.69) is 5.32 Å². The minimum atomic E-state index is -3.53. The number of aliphatic hydroxyl groups excluding tert-OH is 5. The van der Waals surface area contributed by atoms with Gasteiger partial charge in [0.05, 0.1) is 6.17 Å². The van der Waals surface area contributed by atoms with E-state index in [-0.39, 0.29) is 40.0 Å². The molecule has 14 N–H and O–H groups in total. The normalized spacial score (nSPS) is 30.6. The number of carbonyl (C=O) groups excluding carboxylic acids is 1. The number of ether oxygens (including phenoxy) is 4. The molecular weight excluding hydrogens is 728 g/mol. The molecule has 3 aliphatic heterocycles. The molecule has 0 bridgehead atoms. The van der Waals surface area contributed by atoms with Gasteiger partial charge in [-0.25, -0.2) is 9.59 Å². The van der Waals surface area contributed by atoms with Crippen LogP contribution >= 0.6 is 0 Å². The topological polar surface area (TPSA) is 362 Å². The third-order valence-electron chi connectivity index (χ3n) is 8.87. The van der Waals surface area contributed by atoms with Crippen LogP contribution in [0.1, 0.15) is 5.56 Å². The summed E-state index contributed by atoms with van der Waals surface area (Å²) in [5, 5.41) is 115. The molecule has 2 fully saturated rings. The minimum absolute atomic E-state index is 0.113. The standard InChI is InChI=1S/C33H34N2O19/c34-19-4-1-10(9-35-19)5-12-17(8-18-20(21(12)39)15(38)7-16(50-18)11-2-3-13(36)14(37)6-11)51-31-24(42)22(40)23(41)26(52-31)30(47)54-32-25(43)27(44)33(48,49)28(53-32)29(45)46/h1-4,6-9,19,22-28,31-32,35-37,39-44,48-49H,5,34H2,(H,45,46). The average Bonchev–Trinajstić information content (AvgIpc) is 3.11. The number of nitrogens with two attached hydrogens (primary N) is 1. The van der Waals surface area contributed by atoms with Crippen molar-refractivity contribution in [2.45, 2.75) is 73.7 Å². The summed E-state index contributed by atoms with van der Waals surface area (Å²) in [5.74, 6) is -9.40. The number of hydrogen-bond acceptors (Lipinski definition) is 20. The second kappa shape index (κ2) is 14.5. The Bertz CT molecular complexity index is 2080. The Hall–Kier alpha value is -5.33. The lowest BCUT2D eigenvalue weighted by Crippen LogP contribution is -2.69. The van der Waals surface area contributed by atoms with Crippen molar-refractivity contribution in [3.05, 3.63) is 70.0 Å². The first kappa shape index (κ1) is 38.4. The number of rotatable bonds is 8. The van der Waals surface area contributed by atoms with Gasteiger partial charge in [-0.05, 0) is 29.8 Å². The molecule has 0 aliphatic carbocycles. The van der Waals surface area contributed by atoms with Gasteiger partial charge in [0.25, 0.3) is 0 Å². The van der Waals surface area contributed by atoms with Crippen LogP contribution < -0.4 is 21.2 Å². The van der Waals surface area contributed by atoms with Gasteiger partial charge in [-0.2, -0.15) is 0 Å². The van der Waals surface area contributed by atoms with E-state index < -0.39 is 102 Å². The van der Waals surface area contributed by atoms with Crippen molar-refractivity contribution in [3.8, 4) is 34.3 Å². The van der Waals surface area contributed by atoms with E-state index in [9.17, 15) is 70.6 Å². The second-order valence-electron chi connectivity index (χ2n) is 12.6. The fraction of sp³-hybridized carbons (Fsp3) is 0.364. The number of carbonyl (C=O) groups is 2. The zero-order chi connectivity index (χ0) is 39.4. The van der Waals surface area contributed by atoms with E-state index in [1.165, 1.54) is 12.3 Å². The van der Waals surface area contributed by atoms with E-state index in [0.29, 0.717) is 5.57 Å². The molecule has 4 heterocycles. The maximum absolute atomic E-state index is 13.4. The average molecular weight is 763 g/mol. The van der Waals surface area contributed by atoms with Crippen LogP contribution in [0.5, 0.6) is 23.0 Å². The minimum Gasteiger partial charge on any atom is -0.507 e. The first-order valence-electron chi connectivity index (χ1n) is 15.9. The lowest BCUT2D eigenvalue weighted by atomic mass is 9.94. The predicted molar refractivity (Wildman–Crippen MR) is 174 cm³/mol. The molecule has 3 aromatic rings. The molecule has 2 saturated heterocycles. The van der Waals surface area contributed by atoms with Gasteiger partial charge in [-0.15, -0.1) is 0 Å². The molecule has 290 valence electrons. The van der Waals surface area contributed by atoms with Crippen molar-refractivity contribution in [1.82, 2.24) is 5.32 Å². The number of aliphatic carboxylic acids is 1. The van der Waals surface area contributed by atoms with E-state index in [1.807, 2.05) is 0 Å². The van der Waals surface area contributed by atoms with Crippen LogP contribution in [0, 0.1) is 0 Å². The molecule has 54 heavy (non-hydrogen) atoms. The smallest absolute Gasteiger partial charge is 0.340 e. The number of carboxylic acid groups (broad SMARTS) is 1. The number of benzene rings is 2. The number of allylic oxidation sites excluding steroid dienone is 2. The Kier molecular flexibility index (Phi) is 10.3. The molecule has 6 rings (SSSR count). The third-order valence-corrected chi connectivity index (χ3v) is 8.87. The van der Waals surface area contributed by atoms with Gasteiger partial charge in [-0.3, -0.25) is 4.79 Å². The molecule has 21 heteroatoms. The van der Waals surface area contributed by atoms with E-state index in [1.54, 1.807) is 12.2 Å². The lowest BCUT2D eigenvalue weighted by molar-refractivity contribution is -0.372. The Labute approximate surface area is 301 Å². The number of aliphatic hydroxyl groups is 7. The van der Waals surface area contributed by atoms with E-state index in [0.717, 1.165) is 24.3 Å². The summed E-state index contributed by atoms with van der Waals surface area (Å²) < 4.78 is 26.9. The summed E-state index contributed by atoms with van der Waals surface area (Å²) in [7, 11) is 0. The fourth-order valence-corrected chi connectivity index (χ4v) is 5.92. The Morgan fingerprint density at radius 2 is 1.63 bits per heavy atom. The van der Waals surface area contributed by atoms with Crippen LogP contribution in [0.25, 0.3) is 22.3 Å². The fourth-order valence-electron chi connectivity index (χ4n) is 5.92. The summed E-state index contributed by atoms with van der Waals surface area (Å²) >= 11 is 0. The highest BCUT2D eigenvalue weighted by Crippen LogP contribution is 2.40. The highest BCUT2D eigenvalue weighted by atomic mass is 16.8. The molecule has 1 aromatic heterocycles. The molecule has 0 radical (unpaired) electrons. The zero-order valence-corrected chi connectivity index (χ0v) is 27.4. The molecule has 10 atom stereocenters. The Morgan fingerprint density at radius 1 is 0.907 bits per heavy atom.